The molecule has 0 aliphatic carbocycles. The molecule has 0 aliphatic heterocycles. The van der Waals surface area contributed by atoms with Gasteiger partial charge in [-0.15, -0.1) is 24.2 Å². The van der Waals surface area contributed by atoms with Gasteiger partial charge in [0, 0.05) is 10.5 Å². The minimum absolute atomic E-state index is 0. The lowest BCUT2D eigenvalue weighted by molar-refractivity contribution is -0.137. The topological polar surface area (TPSA) is 69.4 Å². The number of Topliss-reactive ketones (excluding diaryl/α,β-unsaturated/α-hetero) is 1. The van der Waals surface area contributed by atoms with Crippen LogP contribution in [-0.2, 0) is 9.53 Å². The van der Waals surface area contributed by atoms with E-state index in [1.807, 2.05) is 0 Å². The lowest BCUT2D eigenvalue weighted by Crippen LogP contribution is -2.13. The highest BCUT2D eigenvalue weighted by Crippen LogP contribution is 2.18. The first-order chi connectivity index (χ1) is 7.67. The Hall–Kier alpha value is -1.04. The van der Waals surface area contributed by atoms with Crippen molar-refractivity contribution in [2.45, 2.75) is 4.90 Å². The fourth-order valence-electron chi connectivity index (χ4n) is 1.06. The van der Waals surface area contributed by atoms with Crippen LogP contribution < -0.4 is 5.73 Å². The molecular weight excluding hydrogens is 262 g/mol. The molecule has 94 valence electrons. The number of rotatable bonds is 5. The monoisotopic (exact) mass is 275 g/mol. The molecule has 4 nitrogen and oxygen atoms in total. The summed E-state index contributed by atoms with van der Waals surface area (Å²) in [7, 11) is 1.35. The predicted octanol–water partition coefficient (Wildman–Crippen LogP) is 1.51. The molecule has 1 rings (SSSR count). The van der Waals surface area contributed by atoms with Crippen LogP contribution in [0.25, 0.3) is 0 Å². The first-order valence-corrected chi connectivity index (χ1v) is 5.69. The molecule has 17 heavy (non-hydrogen) atoms. The van der Waals surface area contributed by atoms with Crippen LogP contribution in [-0.4, -0.2) is 31.2 Å². The van der Waals surface area contributed by atoms with Crippen molar-refractivity contribution in [3.8, 4) is 0 Å². The molecule has 0 aliphatic rings. The molecule has 0 spiro atoms. The van der Waals surface area contributed by atoms with Crippen molar-refractivity contribution < 1.29 is 14.3 Å². The first-order valence-electron chi connectivity index (χ1n) is 4.70. The maximum Gasteiger partial charge on any atom is 0.315 e. The Bertz CT molecular complexity index is 381. The van der Waals surface area contributed by atoms with E-state index in [1.54, 1.807) is 24.3 Å². The van der Waals surface area contributed by atoms with Gasteiger partial charge < -0.3 is 10.5 Å². The Morgan fingerprint density at radius 3 is 2.35 bits per heavy atom. The van der Waals surface area contributed by atoms with Crippen molar-refractivity contribution in [3.05, 3.63) is 29.8 Å². The summed E-state index contributed by atoms with van der Waals surface area (Å²) in [5, 5.41) is 0. The van der Waals surface area contributed by atoms with Crippen LogP contribution in [0.2, 0.25) is 0 Å². The van der Waals surface area contributed by atoms with Crippen LogP contribution >= 0.6 is 24.2 Å². The van der Waals surface area contributed by atoms with Gasteiger partial charge in [0.2, 0.25) is 0 Å². The molecule has 0 unspecified atom stereocenters. The highest BCUT2D eigenvalue weighted by molar-refractivity contribution is 8.00. The third-order valence-corrected chi connectivity index (χ3v) is 2.93. The van der Waals surface area contributed by atoms with Crippen molar-refractivity contribution >= 4 is 35.9 Å². The van der Waals surface area contributed by atoms with E-state index in [4.69, 9.17) is 5.73 Å². The number of hydrogen-bond donors (Lipinski definition) is 1. The minimum atomic E-state index is -0.271. The van der Waals surface area contributed by atoms with Gasteiger partial charge >= 0.3 is 5.97 Å². The van der Waals surface area contributed by atoms with Gasteiger partial charge in [-0.3, -0.25) is 9.59 Å². The van der Waals surface area contributed by atoms with Crippen molar-refractivity contribution in [1.29, 1.82) is 0 Å². The number of esters is 1. The van der Waals surface area contributed by atoms with Crippen LogP contribution in [0, 0.1) is 0 Å². The van der Waals surface area contributed by atoms with E-state index < -0.39 is 0 Å². The minimum Gasteiger partial charge on any atom is -0.468 e. The van der Waals surface area contributed by atoms with Gasteiger partial charge in [0.05, 0.1) is 19.4 Å². The van der Waals surface area contributed by atoms with Crippen molar-refractivity contribution in [3.63, 3.8) is 0 Å². The van der Waals surface area contributed by atoms with Crippen molar-refractivity contribution in [1.82, 2.24) is 0 Å². The Labute approximate surface area is 110 Å². The van der Waals surface area contributed by atoms with E-state index in [2.05, 4.69) is 4.74 Å². The van der Waals surface area contributed by atoms with Crippen molar-refractivity contribution in [2.24, 2.45) is 5.73 Å². The van der Waals surface area contributed by atoms with E-state index in [-0.39, 0.29) is 36.5 Å². The largest absolute Gasteiger partial charge is 0.468 e. The SMILES string of the molecule is COC(=O)CSc1ccc(C(=O)CN)cc1.Cl. The number of ketones is 1. The third-order valence-electron chi connectivity index (χ3n) is 1.95. The van der Waals surface area contributed by atoms with E-state index >= 15 is 0 Å². The maximum absolute atomic E-state index is 11.2. The van der Waals surface area contributed by atoms with Crippen molar-refractivity contribution in [2.75, 3.05) is 19.4 Å². The second-order valence-corrected chi connectivity index (χ2v) is 4.07. The summed E-state index contributed by atoms with van der Waals surface area (Å²) in [6, 6.07) is 6.98. The standard InChI is InChI=1S/C11H13NO3S.ClH/c1-15-11(14)7-16-9-4-2-8(3-5-9)10(13)6-12;/h2-5H,6-7,12H2,1H3;1H. The molecule has 0 bridgehead atoms. The summed E-state index contributed by atoms with van der Waals surface area (Å²) in [5.74, 6) is -0.0997. The van der Waals surface area contributed by atoms with Gasteiger partial charge in [0.25, 0.3) is 0 Å². The van der Waals surface area contributed by atoms with Crippen LogP contribution in [0.3, 0.4) is 0 Å². The van der Waals surface area contributed by atoms with Gasteiger partial charge in [-0.2, -0.15) is 0 Å². The summed E-state index contributed by atoms with van der Waals surface area (Å²) >= 11 is 1.36. The molecule has 1 aromatic rings. The summed E-state index contributed by atoms with van der Waals surface area (Å²) in [6.45, 7) is 0.00858. The Balaban J connectivity index is 0.00000256. The maximum atomic E-state index is 11.2. The highest BCUT2D eigenvalue weighted by Gasteiger charge is 2.04. The van der Waals surface area contributed by atoms with E-state index in [9.17, 15) is 9.59 Å². The van der Waals surface area contributed by atoms with Gasteiger partial charge in [-0.1, -0.05) is 12.1 Å². The summed E-state index contributed by atoms with van der Waals surface area (Å²) < 4.78 is 4.52. The molecule has 0 heterocycles. The average Bonchev–Trinajstić information content (AvgIpc) is 2.35. The van der Waals surface area contributed by atoms with Crippen LogP contribution in [0.5, 0.6) is 0 Å². The lowest BCUT2D eigenvalue weighted by atomic mass is 10.1. The Morgan fingerprint density at radius 2 is 1.88 bits per heavy atom. The van der Waals surface area contributed by atoms with Crippen LogP contribution in [0.4, 0.5) is 0 Å². The quantitative estimate of drug-likeness (QED) is 0.501. The molecule has 0 atom stereocenters. The number of ether oxygens (including phenoxy) is 1. The summed E-state index contributed by atoms with van der Waals surface area (Å²) in [6.07, 6.45) is 0. The third kappa shape index (κ3) is 5.21. The molecule has 0 saturated carbocycles. The van der Waals surface area contributed by atoms with Crippen LogP contribution in [0.15, 0.2) is 29.2 Å². The fraction of sp³-hybridized carbons (Fsp3) is 0.273. The first kappa shape index (κ1) is 16.0. The molecule has 0 saturated heterocycles. The van der Waals surface area contributed by atoms with E-state index in [0.717, 1.165) is 4.90 Å². The molecule has 6 heteroatoms. The molecular formula is C11H14ClNO3S. The number of thioether (sulfide) groups is 1. The normalized spacial score (nSPS) is 9.29. The zero-order valence-electron chi connectivity index (χ0n) is 9.34. The van der Waals surface area contributed by atoms with Crippen LogP contribution in [0.1, 0.15) is 10.4 Å². The molecule has 2 N–H and O–H groups in total. The van der Waals surface area contributed by atoms with E-state index in [0.29, 0.717) is 5.56 Å². The van der Waals surface area contributed by atoms with Gasteiger partial charge in [0.15, 0.2) is 5.78 Å². The van der Waals surface area contributed by atoms with E-state index in [1.165, 1.54) is 18.9 Å². The van der Waals surface area contributed by atoms with Gasteiger partial charge in [-0.25, -0.2) is 0 Å². The molecule has 0 aromatic heterocycles. The second-order valence-electron chi connectivity index (χ2n) is 3.02. The molecule has 0 radical (unpaired) electrons. The smallest absolute Gasteiger partial charge is 0.315 e. The van der Waals surface area contributed by atoms with Gasteiger partial charge in [0.1, 0.15) is 0 Å². The molecule has 0 fully saturated rings. The number of carbonyl (C=O) groups excluding carboxylic acids is 2. The number of carbonyl (C=O) groups is 2. The second kappa shape index (κ2) is 8.11. The number of hydrogen-bond acceptors (Lipinski definition) is 5. The zero-order valence-corrected chi connectivity index (χ0v) is 11.0. The summed E-state index contributed by atoms with van der Waals surface area (Å²) in [5.41, 5.74) is 5.83. The number of methoxy groups -OCH3 is 1. The predicted molar refractivity (Wildman–Crippen MR) is 69.8 cm³/mol. The Kier molecular flexibility index (Phi) is 7.61. The zero-order chi connectivity index (χ0) is 12.0. The number of halogens is 1. The summed E-state index contributed by atoms with van der Waals surface area (Å²) in [4.78, 5) is 23.0. The fourth-order valence-corrected chi connectivity index (χ4v) is 1.79. The average molecular weight is 276 g/mol. The Morgan fingerprint density at radius 1 is 1.29 bits per heavy atom. The highest BCUT2D eigenvalue weighted by atomic mass is 35.5. The van der Waals surface area contributed by atoms with Gasteiger partial charge in [-0.05, 0) is 12.1 Å². The number of benzene rings is 1. The molecule has 0 amide bonds. The number of nitrogens with two attached hydrogens (primary N) is 1. The molecule has 1 aromatic carbocycles. The lowest BCUT2D eigenvalue weighted by Gasteiger charge is -2.02.